The highest BCUT2D eigenvalue weighted by atomic mass is 16.3. The van der Waals surface area contributed by atoms with Gasteiger partial charge in [0.05, 0.1) is 5.60 Å². The van der Waals surface area contributed by atoms with E-state index in [9.17, 15) is 9.90 Å². The van der Waals surface area contributed by atoms with E-state index in [2.05, 4.69) is 11.9 Å². The zero-order valence-corrected chi connectivity index (χ0v) is 14.9. The number of amides is 1. The molecule has 25 heavy (non-hydrogen) atoms. The summed E-state index contributed by atoms with van der Waals surface area (Å²) in [5.41, 5.74) is 0.0760. The van der Waals surface area contributed by atoms with Crippen LogP contribution in [0.1, 0.15) is 55.9 Å². The lowest BCUT2D eigenvalue weighted by atomic mass is 9.51. The SMILES string of the molecule is CCCC1(O)CCC12CCN(C(=O)c1nccc3ccccc13)CC2. The minimum Gasteiger partial charge on any atom is -0.389 e. The summed E-state index contributed by atoms with van der Waals surface area (Å²) in [5, 5.41) is 12.9. The molecular formula is C21H26N2O2. The average molecular weight is 338 g/mol. The lowest BCUT2D eigenvalue weighted by molar-refractivity contribution is -0.191. The zero-order chi connectivity index (χ0) is 17.5. The number of carbonyl (C=O) groups excluding carboxylic acids is 1. The van der Waals surface area contributed by atoms with E-state index in [0.717, 1.165) is 62.4 Å². The number of nitrogens with zero attached hydrogens (tertiary/aromatic N) is 2. The third-order valence-electron chi connectivity index (χ3n) is 6.55. The first-order valence-corrected chi connectivity index (χ1v) is 9.44. The van der Waals surface area contributed by atoms with Crippen LogP contribution in [0, 0.1) is 5.41 Å². The van der Waals surface area contributed by atoms with Crippen LogP contribution >= 0.6 is 0 Å². The average Bonchev–Trinajstić information content (AvgIpc) is 2.66. The molecule has 2 heterocycles. The van der Waals surface area contributed by atoms with Crippen molar-refractivity contribution in [2.75, 3.05) is 13.1 Å². The number of aliphatic hydroxyl groups is 1. The summed E-state index contributed by atoms with van der Waals surface area (Å²) in [6.07, 6.45) is 7.43. The summed E-state index contributed by atoms with van der Waals surface area (Å²) < 4.78 is 0. The van der Waals surface area contributed by atoms with Crippen LogP contribution < -0.4 is 0 Å². The number of hydrogen-bond acceptors (Lipinski definition) is 3. The number of piperidine rings is 1. The number of benzene rings is 1. The topological polar surface area (TPSA) is 53.4 Å². The van der Waals surface area contributed by atoms with Crippen molar-refractivity contribution in [1.82, 2.24) is 9.88 Å². The van der Waals surface area contributed by atoms with E-state index in [1.165, 1.54) is 0 Å². The van der Waals surface area contributed by atoms with Crippen molar-refractivity contribution in [3.8, 4) is 0 Å². The van der Waals surface area contributed by atoms with Gasteiger partial charge in [0, 0.05) is 30.1 Å². The summed E-state index contributed by atoms with van der Waals surface area (Å²) in [6, 6.07) is 9.85. The maximum Gasteiger partial charge on any atom is 0.273 e. The molecule has 1 aromatic heterocycles. The van der Waals surface area contributed by atoms with Gasteiger partial charge in [-0.05, 0) is 43.6 Å². The Morgan fingerprint density at radius 1 is 1.16 bits per heavy atom. The van der Waals surface area contributed by atoms with Crippen molar-refractivity contribution in [3.05, 3.63) is 42.2 Å². The first-order chi connectivity index (χ1) is 12.1. The Labute approximate surface area is 148 Å². The predicted molar refractivity (Wildman–Crippen MR) is 98.4 cm³/mol. The Kier molecular flexibility index (Phi) is 4.03. The van der Waals surface area contributed by atoms with Gasteiger partial charge < -0.3 is 10.0 Å². The highest BCUT2D eigenvalue weighted by Gasteiger charge is 2.58. The first-order valence-electron chi connectivity index (χ1n) is 9.44. The van der Waals surface area contributed by atoms with Crippen LogP contribution in [-0.4, -0.2) is 39.6 Å². The Morgan fingerprint density at radius 2 is 1.92 bits per heavy atom. The fraction of sp³-hybridized carbons (Fsp3) is 0.524. The third kappa shape index (κ3) is 2.54. The van der Waals surface area contributed by atoms with Crippen molar-refractivity contribution in [3.63, 3.8) is 0 Å². The molecule has 0 bridgehead atoms. The van der Waals surface area contributed by atoms with Crippen LogP contribution in [0.4, 0.5) is 0 Å². The second-order valence-electron chi connectivity index (χ2n) is 7.73. The molecular weight excluding hydrogens is 312 g/mol. The number of likely N-dealkylation sites (tertiary alicyclic amines) is 1. The minimum absolute atomic E-state index is 0.0185. The number of aromatic nitrogens is 1. The highest BCUT2D eigenvalue weighted by Crippen LogP contribution is 2.58. The molecule has 1 amide bonds. The molecule has 2 fully saturated rings. The molecule has 4 nitrogen and oxygen atoms in total. The van der Waals surface area contributed by atoms with Crippen LogP contribution in [0.25, 0.3) is 10.8 Å². The Balaban J connectivity index is 1.52. The van der Waals surface area contributed by atoms with E-state index in [1.807, 2.05) is 35.2 Å². The van der Waals surface area contributed by atoms with Crippen LogP contribution in [0.5, 0.6) is 0 Å². The summed E-state index contributed by atoms with van der Waals surface area (Å²) >= 11 is 0. The number of pyridine rings is 1. The number of fused-ring (bicyclic) bond motifs is 1. The monoisotopic (exact) mass is 338 g/mol. The lowest BCUT2D eigenvalue weighted by Crippen LogP contribution is -2.61. The second-order valence-corrected chi connectivity index (χ2v) is 7.73. The van der Waals surface area contributed by atoms with E-state index in [4.69, 9.17) is 0 Å². The summed E-state index contributed by atoms with van der Waals surface area (Å²) in [4.78, 5) is 19.3. The van der Waals surface area contributed by atoms with Crippen LogP contribution in [0.2, 0.25) is 0 Å². The first kappa shape index (κ1) is 16.5. The molecule has 2 aromatic rings. The zero-order valence-electron chi connectivity index (χ0n) is 14.9. The van der Waals surface area contributed by atoms with Gasteiger partial charge in [-0.2, -0.15) is 0 Å². The molecule has 1 saturated carbocycles. The molecule has 1 aliphatic heterocycles. The molecule has 4 heteroatoms. The quantitative estimate of drug-likeness (QED) is 0.926. The molecule has 1 N–H and O–H groups in total. The molecule has 1 unspecified atom stereocenters. The molecule has 132 valence electrons. The Morgan fingerprint density at radius 3 is 2.60 bits per heavy atom. The molecule has 1 spiro atoms. The molecule has 1 saturated heterocycles. The second kappa shape index (κ2) is 6.10. The highest BCUT2D eigenvalue weighted by molar-refractivity contribution is 6.05. The van der Waals surface area contributed by atoms with Crippen LogP contribution in [-0.2, 0) is 0 Å². The van der Waals surface area contributed by atoms with Gasteiger partial charge in [0.1, 0.15) is 5.69 Å². The van der Waals surface area contributed by atoms with Gasteiger partial charge in [-0.15, -0.1) is 0 Å². The number of rotatable bonds is 3. The van der Waals surface area contributed by atoms with E-state index in [-0.39, 0.29) is 11.3 Å². The van der Waals surface area contributed by atoms with Crippen molar-refractivity contribution in [1.29, 1.82) is 0 Å². The van der Waals surface area contributed by atoms with Crippen LogP contribution in [0.15, 0.2) is 36.5 Å². The van der Waals surface area contributed by atoms with E-state index in [1.54, 1.807) is 6.20 Å². The molecule has 4 rings (SSSR count). The normalized spacial score (nSPS) is 25.1. The fourth-order valence-electron chi connectivity index (χ4n) is 4.86. The van der Waals surface area contributed by atoms with Crippen molar-refractivity contribution in [2.24, 2.45) is 5.41 Å². The standard InChI is InChI=1S/C21H26N2O2/c1-2-8-21(25)10-9-20(21)11-14-23(15-12-20)19(24)18-17-6-4-3-5-16(17)7-13-22-18/h3-7,13,25H,2,8-12,14-15H2,1H3. The van der Waals surface area contributed by atoms with Gasteiger partial charge in [0.15, 0.2) is 0 Å². The van der Waals surface area contributed by atoms with Crippen LogP contribution in [0.3, 0.4) is 0 Å². The third-order valence-corrected chi connectivity index (χ3v) is 6.55. The van der Waals surface area contributed by atoms with E-state index in [0.29, 0.717) is 5.69 Å². The van der Waals surface area contributed by atoms with Crippen molar-refractivity contribution >= 4 is 16.7 Å². The molecule has 0 radical (unpaired) electrons. The van der Waals surface area contributed by atoms with Crippen molar-refractivity contribution in [2.45, 2.75) is 51.0 Å². The van der Waals surface area contributed by atoms with Gasteiger partial charge >= 0.3 is 0 Å². The Hall–Kier alpha value is -1.94. The fourth-order valence-corrected chi connectivity index (χ4v) is 4.86. The minimum atomic E-state index is -0.505. The largest absolute Gasteiger partial charge is 0.389 e. The lowest BCUT2D eigenvalue weighted by Gasteiger charge is -2.59. The maximum atomic E-state index is 13.0. The number of hydrogen-bond donors (Lipinski definition) is 1. The van der Waals surface area contributed by atoms with Gasteiger partial charge in [0.2, 0.25) is 0 Å². The van der Waals surface area contributed by atoms with Crippen molar-refractivity contribution < 1.29 is 9.90 Å². The maximum absolute atomic E-state index is 13.0. The van der Waals surface area contributed by atoms with Gasteiger partial charge in [-0.1, -0.05) is 37.6 Å². The van der Waals surface area contributed by atoms with Gasteiger partial charge in [-0.25, -0.2) is 0 Å². The van der Waals surface area contributed by atoms with E-state index >= 15 is 0 Å². The summed E-state index contributed by atoms with van der Waals surface area (Å²) in [6.45, 7) is 3.57. The summed E-state index contributed by atoms with van der Waals surface area (Å²) in [5.74, 6) is 0.0185. The smallest absolute Gasteiger partial charge is 0.273 e. The number of carbonyl (C=O) groups is 1. The molecule has 1 aliphatic carbocycles. The van der Waals surface area contributed by atoms with E-state index < -0.39 is 5.60 Å². The molecule has 1 atom stereocenters. The Bertz CT molecular complexity index is 790. The molecule has 1 aromatic carbocycles. The molecule has 2 aliphatic rings. The van der Waals surface area contributed by atoms with Gasteiger partial charge in [-0.3, -0.25) is 9.78 Å². The predicted octanol–water partition coefficient (Wildman–Crippen LogP) is 3.78. The van der Waals surface area contributed by atoms with Gasteiger partial charge in [0.25, 0.3) is 5.91 Å². The summed E-state index contributed by atoms with van der Waals surface area (Å²) in [7, 11) is 0.